The van der Waals surface area contributed by atoms with Crippen LogP contribution in [0.5, 0.6) is 0 Å². The number of aromatic nitrogens is 1. The molecule has 0 spiro atoms. The maximum atomic E-state index is 3.59. The molecular formula is C23H28N2. The molecule has 1 aliphatic carbocycles. The minimum atomic E-state index is 0.963. The molecule has 2 nitrogen and oxygen atoms in total. The average Bonchev–Trinajstić information content (AvgIpc) is 2.96. The van der Waals surface area contributed by atoms with Gasteiger partial charge in [0, 0.05) is 29.7 Å². The van der Waals surface area contributed by atoms with E-state index in [1.165, 1.54) is 54.1 Å². The van der Waals surface area contributed by atoms with Crippen molar-refractivity contribution < 1.29 is 0 Å². The maximum absolute atomic E-state index is 3.59. The van der Waals surface area contributed by atoms with Gasteiger partial charge in [-0.1, -0.05) is 42.0 Å². The first-order valence-electron chi connectivity index (χ1n) is 9.68. The molecular weight excluding hydrogens is 304 g/mol. The summed E-state index contributed by atoms with van der Waals surface area (Å²) in [7, 11) is 0. The minimum absolute atomic E-state index is 0.963. The number of fused-ring (bicyclic) bond motifs is 3. The van der Waals surface area contributed by atoms with Crippen LogP contribution >= 0.6 is 0 Å². The van der Waals surface area contributed by atoms with Gasteiger partial charge >= 0.3 is 0 Å². The summed E-state index contributed by atoms with van der Waals surface area (Å²) in [5, 5.41) is 5.09. The fraction of sp³-hybridized carbons (Fsp3) is 0.391. The molecule has 0 bridgehead atoms. The summed E-state index contributed by atoms with van der Waals surface area (Å²) in [5.74, 6) is 0. The van der Waals surface area contributed by atoms with Crippen molar-refractivity contribution in [1.82, 2.24) is 9.88 Å². The van der Waals surface area contributed by atoms with Crippen molar-refractivity contribution >= 4 is 10.9 Å². The SMILES string of the molecule is Cc1ccc2c(c1)c1c(n2CCCNCc2ccccc2)CCCC1. The van der Waals surface area contributed by atoms with E-state index in [-0.39, 0.29) is 0 Å². The number of rotatable bonds is 6. The minimum Gasteiger partial charge on any atom is -0.344 e. The Morgan fingerprint density at radius 1 is 1.00 bits per heavy atom. The van der Waals surface area contributed by atoms with E-state index in [0.717, 1.165) is 19.6 Å². The molecule has 4 rings (SSSR count). The Labute approximate surface area is 150 Å². The van der Waals surface area contributed by atoms with Crippen LogP contribution in [0.2, 0.25) is 0 Å². The van der Waals surface area contributed by atoms with Gasteiger partial charge in [-0.3, -0.25) is 0 Å². The molecule has 3 aromatic rings. The topological polar surface area (TPSA) is 17.0 Å². The van der Waals surface area contributed by atoms with Crippen LogP contribution in [0.15, 0.2) is 48.5 Å². The summed E-state index contributed by atoms with van der Waals surface area (Å²) in [5.41, 5.74) is 7.42. The van der Waals surface area contributed by atoms with Gasteiger partial charge in [-0.15, -0.1) is 0 Å². The third-order valence-corrected chi connectivity index (χ3v) is 5.44. The fourth-order valence-electron chi connectivity index (χ4n) is 4.20. The van der Waals surface area contributed by atoms with Crippen LogP contribution in [0.3, 0.4) is 0 Å². The normalized spacial score (nSPS) is 14.0. The Morgan fingerprint density at radius 3 is 2.72 bits per heavy atom. The molecule has 1 aliphatic rings. The Bertz CT molecular complexity index is 845. The summed E-state index contributed by atoms with van der Waals surface area (Å²) < 4.78 is 2.60. The molecule has 2 aromatic carbocycles. The number of nitrogens with zero attached hydrogens (tertiary/aromatic N) is 1. The van der Waals surface area contributed by atoms with E-state index in [9.17, 15) is 0 Å². The van der Waals surface area contributed by atoms with Gasteiger partial charge in [0.05, 0.1) is 0 Å². The molecule has 1 heterocycles. The zero-order valence-corrected chi connectivity index (χ0v) is 15.2. The lowest BCUT2D eigenvalue weighted by molar-refractivity contribution is 0.561. The largest absolute Gasteiger partial charge is 0.344 e. The van der Waals surface area contributed by atoms with Gasteiger partial charge in [-0.05, 0) is 68.8 Å². The van der Waals surface area contributed by atoms with Gasteiger partial charge in [-0.2, -0.15) is 0 Å². The summed E-state index contributed by atoms with van der Waals surface area (Å²) in [6.45, 7) is 5.36. The van der Waals surface area contributed by atoms with E-state index in [0.29, 0.717) is 0 Å². The molecule has 1 N–H and O–H groups in total. The lowest BCUT2D eigenvalue weighted by atomic mass is 9.95. The first-order chi connectivity index (χ1) is 12.3. The molecule has 0 unspecified atom stereocenters. The quantitative estimate of drug-likeness (QED) is 0.628. The van der Waals surface area contributed by atoms with Crippen LogP contribution in [0.25, 0.3) is 10.9 Å². The molecule has 130 valence electrons. The van der Waals surface area contributed by atoms with Gasteiger partial charge in [0.15, 0.2) is 0 Å². The number of nitrogens with one attached hydrogen (secondary N) is 1. The van der Waals surface area contributed by atoms with Crippen LogP contribution in [-0.2, 0) is 25.9 Å². The highest BCUT2D eigenvalue weighted by molar-refractivity contribution is 5.86. The van der Waals surface area contributed by atoms with Gasteiger partial charge in [0.2, 0.25) is 0 Å². The van der Waals surface area contributed by atoms with Crippen LogP contribution < -0.4 is 5.32 Å². The molecule has 0 aliphatic heterocycles. The van der Waals surface area contributed by atoms with Crippen LogP contribution in [-0.4, -0.2) is 11.1 Å². The van der Waals surface area contributed by atoms with Crippen LogP contribution in [0.1, 0.15) is 41.6 Å². The van der Waals surface area contributed by atoms with Gasteiger partial charge in [0.1, 0.15) is 0 Å². The number of hydrogen-bond acceptors (Lipinski definition) is 1. The van der Waals surface area contributed by atoms with Gasteiger partial charge in [-0.25, -0.2) is 0 Å². The van der Waals surface area contributed by atoms with Gasteiger partial charge < -0.3 is 9.88 Å². The first kappa shape index (κ1) is 16.4. The lowest BCUT2D eigenvalue weighted by Crippen LogP contribution is -2.17. The van der Waals surface area contributed by atoms with Crippen molar-refractivity contribution in [2.45, 2.75) is 52.1 Å². The third kappa shape index (κ3) is 3.50. The number of hydrogen-bond donors (Lipinski definition) is 1. The molecule has 0 saturated carbocycles. The molecule has 0 atom stereocenters. The average molecular weight is 332 g/mol. The van der Waals surface area contributed by atoms with Crippen molar-refractivity contribution in [3.05, 3.63) is 70.9 Å². The predicted molar refractivity (Wildman–Crippen MR) is 106 cm³/mol. The van der Waals surface area contributed by atoms with Crippen molar-refractivity contribution in [3.8, 4) is 0 Å². The van der Waals surface area contributed by atoms with E-state index in [4.69, 9.17) is 0 Å². The maximum Gasteiger partial charge on any atom is 0.0485 e. The highest BCUT2D eigenvalue weighted by Gasteiger charge is 2.19. The Kier molecular flexibility index (Phi) is 4.89. The zero-order valence-electron chi connectivity index (χ0n) is 15.2. The smallest absolute Gasteiger partial charge is 0.0485 e. The second-order valence-electron chi connectivity index (χ2n) is 7.32. The molecule has 1 aromatic heterocycles. The standard InChI is InChI=1S/C23H28N2/c1-18-12-13-23-21(16-18)20-10-5-6-11-22(20)25(23)15-7-14-24-17-19-8-3-2-4-9-19/h2-4,8-9,12-13,16,24H,5-7,10-11,14-15,17H2,1H3. The Hall–Kier alpha value is -2.06. The Balaban J connectivity index is 1.44. The summed E-state index contributed by atoms with van der Waals surface area (Å²) in [4.78, 5) is 0. The van der Waals surface area contributed by atoms with E-state index in [1.807, 2.05) is 0 Å². The van der Waals surface area contributed by atoms with Crippen LogP contribution in [0, 0.1) is 6.92 Å². The highest BCUT2D eigenvalue weighted by atomic mass is 15.0. The van der Waals surface area contributed by atoms with E-state index in [2.05, 4.69) is 65.3 Å². The number of benzene rings is 2. The van der Waals surface area contributed by atoms with Crippen LogP contribution in [0.4, 0.5) is 0 Å². The Morgan fingerprint density at radius 2 is 1.84 bits per heavy atom. The predicted octanol–water partition coefficient (Wildman–Crippen LogP) is 5.01. The van der Waals surface area contributed by atoms with Crippen molar-refractivity contribution in [1.29, 1.82) is 0 Å². The molecule has 2 heteroatoms. The molecule has 0 saturated heterocycles. The van der Waals surface area contributed by atoms with Crippen molar-refractivity contribution in [2.75, 3.05) is 6.54 Å². The van der Waals surface area contributed by atoms with Crippen molar-refractivity contribution in [2.24, 2.45) is 0 Å². The zero-order chi connectivity index (χ0) is 17.1. The number of aryl methyl sites for hydroxylation is 3. The third-order valence-electron chi connectivity index (χ3n) is 5.44. The van der Waals surface area contributed by atoms with Gasteiger partial charge in [0.25, 0.3) is 0 Å². The molecule has 0 amide bonds. The summed E-state index contributed by atoms with van der Waals surface area (Å²) in [6, 6.07) is 17.7. The molecule has 0 radical (unpaired) electrons. The van der Waals surface area contributed by atoms with E-state index in [1.54, 1.807) is 11.3 Å². The van der Waals surface area contributed by atoms with E-state index >= 15 is 0 Å². The molecule has 25 heavy (non-hydrogen) atoms. The monoisotopic (exact) mass is 332 g/mol. The lowest BCUT2D eigenvalue weighted by Gasteiger charge is -2.16. The van der Waals surface area contributed by atoms with Crippen molar-refractivity contribution in [3.63, 3.8) is 0 Å². The summed E-state index contributed by atoms with van der Waals surface area (Å²) in [6.07, 6.45) is 6.37. The van der Waals surface area contributed by atoms with E-state index < -0.39 is 0 Å². The molecule has 0 fully saturated rings. The second-order valence-corrected chi connectivity index (χ2v) is 7.32. The second kappa shape index (κ2) is 7.45. The first-order valence-corrected chi connectivity index (χ1v) is 9.68. The summed E-state index contributed by atoms with van der Waals surface area (Å²) >= 11 is 0. The highest BCUT2D eigenvalue weighted by Crippen LogP contribution is 2.32. The fourth-order valence-corrected chi connectivity index (χ4v) is 4.20.